The molecule has 7 nitrogen and oxygen atoms in total. The summed E-state index contributed by atoms with van der Waals surface area (Å²) in [6.07, 6.45) is 1.46. The van der Waals surface area contributed by atoms with E-state index in [1.54, 1.807) is 18.7 Å². The molecule has 2 aromatic heterocycles. The van der Waals surface area contributed by atoms with E-state index in [1.807, 2.05) is 42.8 Å². The highest BCUT2D eigenvalue weighted by atomic mass is 32.2. The lowest BCUT2D eigenvalue weighted by Crippen LogP contribution is -2.39. The molecular weight excluding hydrogens is 414 g/mol. The second-order valence-electron chi connectivity index (χ2n) is 8.28. The first-order valence-electron chi connectivity index (χ1n) is 10.4. The zero-order valence-corrected chi connectivity index (χ0v) is 18.8. The summed E-state index contributed by atoms with van der Waals surface area (Å²) in [4.78, 5) is 30.0. The highest BCUT2D eigenvalue weighted by Gasteiger charge is 2.42. The number of hydrogen-bond donors (Lipinski definition) is 2. The summed E-state index contributed by atoms with van der Waals surface area (Å²) in [5.41, 5.74) is 0.723. The molecule has 1 aromatic carbocycles. The third-order valence-electron chi connectivity index (χ3n) is 6.06. The van der Waals surface area contributed by atoms with Crippen molar-refractivity contribution in [2.24, 2.45) is 7.05 Å². The minimum atomic E-state index is -0.698. The monoisotopic (exact) mass is 441 g/mol. The number of nitrogens with one attached hydrogen (secondary N) is 1. The van der Waals surface area contributed by atoms with Crippen LogP contribution in [0.5, 0.6) is 5.75 Å². The molecule has 4 rings (SSSR count). The fourth-order valence-electron chi connectivity index (χ4n) is 4.43. The Morgan fingerprint density at radius 3 is 2.77 bits per heavy atom. The quantitative estimate of drug-likeness (QED) is 0.628. The van der Waals surface area contributed by atoms with Crippen LogP contribution in [-0.2, 0) is 17.3 Å². The normalized spacial score (nSPS) is 16.9. The van der Waals surface area contributed by atoms with Crippen molar-refractivity contribution in [1.82, 2.24) is 14.9 Å². The molecule has 164 valence electrons. The van der Waals surface area contributed by atoms with Gasteiger partial charge in [0.25, 0.3) is 0 Å². The summed E-state index contributed by atoms with van der Waals surface area (Å²) in [6, 6.07) is 8.83. The van der Waals surface area contributed by atoms with E-state index in [1.165, 1.54) is 6.07 Å². The number of amides is 1. The molecular formula is C23H27N3O4S. The van der Waals surface area contributed by atoms with E-state index in [0.717, 1.165) is 28.4 Å². The number of imidazole rings is 1. The SMILES string of the molecule is Cc1cc(=O)c(O)c(C2(CC(=O)NC(C)c3nc4ccccc4n3C)CCSCC2)o1. The maximum absolute atomic E-state index is 13.1. The first kappa shape index (κ1) is 21.5. The van der Waals surface area contributed by atoms with Gasteiger partial charge in [-0.2, -0.15) is 11.8 Å². The molecule has 1 fully saturated rings. The number of para-hydroxylation sites is 2. The third-order valence-corrected chi connectivity index (χ3v) is 7.05. The molecule has 31 heavy (non-hydrogen) atoms. The van der Waals surface area contributed by atoms with Gasteiger partial charge in [0.2, 0.25) is 17.1 Å². The molecule has 0 saturated carbocycles. The van der Waals surface area contributed by atoms with E-state index in [-0.39, 0.29) is 29.9 Å². The van der Waals surface area contributed by atoms with E-state index in [0.29, 0.717) is 18.6 Å². The fourth-order valence-corrected chi connectivity index (χ4v) is 5.70. The number of aromatic hydroxyl groups is 1. The van der Waals surface area contributed by atoms with Crippen LogP contribution in [-0.4, -0.2) is 32.1 Å². The van der Waals surface area contributed by atoms with Gasteiger partial charge in [-0.25, -0.2) is 4.98 Å². The first-order valence-corrected chi connectivity index (χ1v) is 11.6. The van der Waals surface area contributed by atoms with Crippen LogP contribution in [0.15, 0.2) is 39.5 Å². The van der Waals surface area contributed by atoms with Gasteiger partial charge in [0.05, 0.1) is 17.1 Å². The summed E-state index contributed by atoms with van der Waals surface area (Å²) in [7, 11) is 1.94. The van der Waals surface area contributed by atoms with E-state index >= 15 is 0 Å². The number of rotatable bonds is 5. The number of thioether (sulfide) groups is 1. The topological polar surface area (TPSA) is 97.4 Å². The van der Waals surface area contributed by atoms with Gasteiger partial charge in [-0.15, -0.1) is 0 Å². The summed E-state index contributed by atoms with van der Waals surface area (Å²) in [6.45, 7) is 3.59. The van der Waals surface area contributed by atoms with Crippen LogP contribution in [0.3, 0.4) is 0 Å². The number of aromatic nitrogens is 2. The third kappa shape index (κ3) is 4.08. The zero-order valence-electron chi connectivity index (χ0n) is 18.0. The van der Waals surface area contributed by atoms with Gasteiger partial charge in [-0.3, -0.25) is 9.59 Å². The van der Waals surface area contributed by atoms with Gasteiger partial charge in [-0.05, 0) is 50.3 Å². The molecule has 1 aliphatic heterocycles. The molecule has 0 radical (unpaired) electrons. The number of carbonyl (C=O) groups excluding carboxylic acids is 1. The Hall–Kier alpha value is -2.74. The van der Waals surface area contributed by atoms with Crippen molar-refractivity contribution in [3.05, 3.63) is 57.9 Å². The summed E-state index contributed by atoms with van der Waals surface area (Å²) in [5.74, 6) is 2.58. The molecule has 2 N–H and O–H groups in total. The molecule has 0 spiro atoms. The summed E-state index contributed by atoms with van der Waals surface area (Å²) in [5, 5.41) is 13.5. The number of hydrogen-bond acceptors (Lipinski definition) is 6. The predicted octanol–water partition coefficient (Wildman–Crippen LogP) is 3.57. The number of aryl methyl sites for hydroxylation is 2. The van der Waals surface area contributed by atoms with Crippen LogP contribution in [0.1, 0.15) is 49.6 Å². The largest absolute Gasteiger partial charge is 0.502 e. The Morgan fingerprint density at radius 2 is 2.06 bits per heavy atom. The maximum Gasteiger partial charge on any atom is 0.227 e. The van der Waals surface area contributed by atoms with E-state index < -0.39 is 10.8 Å². The van der Waals surface area contributed by atoms with Crippen molar-refractivity contribution in [2.75, 3.05) is 11.5 Å². The van der Waals surface area contributed by atoms with Crippen molar-refractivity contribution in [1.29, 1.82) is 0 Å². The van der Waals surface area contributed by atoms with Gasteiger partial charge in [-0.1, -0.05) is 12.1 Å². The smallest absolute Gasteiger partial charge is 0.227 e. The molecule has 1 saturated heterocycles. The number of benzene rings is 1. The number of carbonyl (C=O) groups is 1. The van der Waals surface area contributed by atoms with Gasteiger partial charge < -0.3 is 19.4 Å². The molecule has 8 heteroatoms. The van der Waals surface area contributed by atoms with Crippen LogP contribution in [0.4, 0.5) is 0 Å². The van der Waals surface area contributed by atoms with Crippen LogP contribution < -0.4 is 10.7 Å². The highest BCUT2D eigenvalue weighted by Crippen LogP contribution is 2.44. The number of fused-ring (bicyclic) bond motifs is 1. The molecule has 0 bridgehead atoms. The highest BCUT2D eigenvalue weighted by molar-refractivity contribution is 7.99. The van der Waals surface area contributed by atoms with Gasteiger partial charge in [0, 0.05) is 24.9 Å². The minimum Gasteiger partial charge on any atom is -0.502 e. The Labute approximate surface area is 184 Å². The average Bonchev–Trinajstić information content (AvgIpc) is 3.08. The molecule has 1 aliphatic rings. The Kier molecular flexibility index (Phi) is 5.83. The Balaban J connectivity index is 1.60. The Bertz CT molecular complexity index is 1180. The van der Waals surface area contributed by atoms with Crippen molar-refractivity contribution < 1.29 is 14.3 Å². The molecule has 3 aromatic rings. The lowest BCUT2D eigenvalue weighted by atomic mass is 9.75. The van der Waals surface area contributed by atoms with Crippen molar-refractivity contribution in [3.63, 3.8) is 0 Å². The zero-order chi connectivity index (χ0) is 22.2. The average molecular weight is 442 g/mol. The fraction of sp³-hybridized carbons (Fsp3) is 0.435. The minimum absolute atomic E-state index is 0.141. The van der Waals surface area contributed by atoms with Crippen LogP contribution in [0.25, 0.3) is 11.0 Å². The Morgan fingerprint density at radius 1 is 1.35 bits per heavy atom. The lowest BCUT2D eigenvalue weighted by molar-refractivity contribution is -0.123. The molecule has 0 aliphatic carbocycles. The molecule has 1 unspecified atom stereocenters. The van der Waals surface area contributed by atoms with Gasteiger partial charge in [0.15, 0.2) is 5.76 Å². The van der Waals surface area contributed by atoms with Crippen LogP contribution in [0, 0.1) is 6.92 Å². The van der Waals surface area contributed by atoms with E-state index in [4.69, 9.17) is 4.42 Å². The second kappa shape index (κ2) is 8.42. The lowest BCUT2D eigenvalue weighted by Gasteiger charge is -2.36. The van der Waals surface area contributed by atoms with Crippen LogP contribution in [0.2, 0.25) is 0 Å². The molecule has 1 atom stereocenters. The van der Waals surface area contributed by atoms with Gasteiger partial charge in [0.1, 0.15) is 11.6 Å². The maximum atomic E-state index is 13.1. The van der Waals surface area contributed by atoms with E-state index in [9.17, 15) is 14.7 Å². The number of nitrogens with zero attached hydrogens (tertiary/aromatic N) is 2. The van der Waals surface area contributed by atoms with E-state index in [2.05, 4.69) is 10.3 Å². The summed E-state index contributed by atoms with van der Waals surface area (Å²) < 4.78 is 7.81. The van der Waals surface area contributed by atoms with Crippen LogP contribution >= 0.6 is 11.8 Å². The van der Waals surface area contributed by atoms with Crippen molar-refractivity contribution in [3.8, 4) is 5.75 Å². The van der Waals surface area contributed by atoms with Crippen molar-refractivity contribution >= 4 is 28.7 Å². The summed E-state index contributed by atoms with van der Waals surface area (Å²) >= 11 is 1.80. The molecule has 3 heterocycles. The predicted molar refractivity (Wildman–Crippen MR) is 122 cm³/mol. The standard InChI is InChI=1S/C23H27N3O4S/c1-14-12-18(27)20(29)21(30-14)23(8-10-31-11-9-23)13-19(28)24-15(2)22-25-16-6-4-5-7-17(16)26(22)3/h4-7,12,15,29H,8-11,13H2,1-3H3,(H,24,28). The second-order valence-corrected chi connectivity index (χ2v) is 9.50. The van der Waals surface area contributed by atoms with Crippen molar-refractivity contribution in [2.45, 2.75) is 44.6 Å². The molecule has 1 amide bonds. The first-order chi connectivity index (χ1) is 14.8. The van der Waals surface area contributed by atoms with Gasteiger partial charge >= 0.3 is 0 Å².